The van der Waals surface area contributed by atoms with Crippen molar-refractivity contribution in [2.45, 2.75) is 26.7 Å². The number of carbonyl (C=O) groups is 1. The fourth-order valence-electron chi connectivity index (χ4n) is 2.41. The van der Waals surface area contributed by atoms with E-state index in [0.717, 1.165) is 36.3 Å². The van der Waals surface area contributed by atoms with Gasteiger partial charge in [-0.05, 0) is 43.7 Å². The Morgan fingerprint density at radius 2 is 2.22 bits per heavy atom. The number of aryl methyl sites for hydroxylation is 1. The fourth-order valence-corrected chi connectivity index (χ4v) is 2.41. The highest BCUT2D eigenvalue weighted by Gasteiger charge is 2.28. The quantitative estimate of drug-likeness (QED) is 0.830. The van der Waals surface area contributed by atoms with E-state index in [4.69, 9.17) is 4.74 Å². The monoisotopic (exact) mass is 247 g/mol. The Kier molecular flexibility index (Phi) is 3.71. The van der Waals surface area contributed by atoms with Crippen LogP contribution in [0, 0.1) is 5.41 Å². The highest BCUT2D eigenvalue weighted by molar-refractivity contribution is 6.00. The number of ketones is 1. The van der Waals surface area contributed by atoms with E-state index in [1.54, 1.807) is 0 Å². The zero-order chi connectivity index (χ0) is 13.2. The summed E-state index contributed by atoms with van der Waals surface area (Å²) in [6, 6.07) is 5.80. The van der Waals surface area contributed by atoms with Crippen molar-refractivity contribution in [1.82, 2.24) is 5.32 Å². The maximum absolute atomic E-state index is 12.5. The first-order valence-corrected chi connectivity index (χ1v) is 6.50. The summed E-state index contributed by atoms with van der Waals surface area (Å²) < 4.78 is 5.57. The van der Waals surface area contributed by atoms with Gasteiger partial charge < -0.3 is 10.1 Å². The van der Waals surface area contributed by atoms with Gasteiger partial charge in [0.15, 0.2) is 5.78 Å². The third kappa shape index (κ3) is 2.56. The molecular weight excluding hydrogens is 226 g/mol. The van der Waals surface area contributed by atoms with Crippen LogP contribution in [-0.2, 0) is 6.42 Å². The molecule has 3 heteroatoms. The molecule has 0 aliphatic carbocycles. The van der Waals surface area contributed by atoms with E-state index in [1.807, 2.05) is 39.1 Å². The second-order valence-electron chi connectivity index (χ2n) is 5.52. The largest absolute Gasteiger partial charge is 0.493 e. The number of benzene rings is 1. The smallest absolute Gasteiger partial charge is 0.169 e. The van der Waals surface area contributed by atoms with Crippen LogP contribution in [0.2, 0.25) is 0 Å². The van der Waals surface area contributed by atoms with Crippen LogP contribution in [0.25, 0.3) is 0 Å². The van der Waals surface area contributed by atoms with Gasteiger partial charge >= 0.3 is 0 Å². The van der Waals surface area contributed by atoms with Crippen LogP contribution in [0.3, 0.4) is 0 Å². The van der Waals surface area contributed by atoms with Crippen LogP contribution in [-0.4, -0.2) is 26.0 Å². The minimum atomic E-state index is -0.376. The van der Waals surface area contributed by atoms with E-state index in [1.165, 1.54) is 0 Å². The fraction of sp³-hybridized carbons (Fsp3) is 0.533. The molecule has 0 unspecified atom stereocenters. The second kappa shape index (κ2) is 5.11. The average molecular weight is 247 g/mol. The number of hydrogen-bond acceptors (Lipinski definition) is 3. The molecule has 1 aromatic rings. The third-order valence-corrected chi connectivity index (χ3v) is 3.40. The molecule has 1 aliphatic heterocycles. The molecule has 0 amide bonds. The lowest BCUT2D eigenvalue weighted by Crippen LogP contribution is -2.34. The maximum Gasteiger partial charge on any atom is 0.169 e. The lowest BCUT2D eigenvalue weighted by molar-refractivity contribution is 0.0839. The van der Waals surface area contributed by atoms with Crippen LogP contribution >= 0.6 is 0 Å². The maximum atomic E-state index is 12.5. The first kappa shape index (κ1) is 13.1. The average Bonchev–Trinajstić information content (AvgIpc) is 2.37. The van der Waals surface area contributed by atoms with E-state index >= 15 is 0 Å². The second-order valence-corrected chi connectivity index (χ2v) is 5.52. The van der Waals surface area contributed by atoms with Crippen molar-refractivity contribution >= 4 is 5.78 Å². The summed E-state index contributed by atoms with van der Waals surface area (Å²) in [5, 5.41) is 3.08. The summed E-state index contributed by atoms with van der Waals surface area (Å²) in [6.45, 7) is 5.41. The topological polar surface area (TPSA) is 38.3 Å². The molecule has 1 N–H and O–H groups in total. The van der Waals surface area contributed by atoms with Crippen molar-refractivity contribution in [3.8, 4) is 5.75 Å². The standard InChI is InChI=1S/C15H21NO2/c1-15(2,10-16-3)14(17)12-6-7-13-11(9-12)5-4-8-18-13/h6-7,9,16H,4-5,8,10H2,1-3H3. The van der Waals surface area contributed by atoms with Gasteiger partial charge in [0, 0.05) is 17.5 Å². The number of rotatable bonds is 4. The molecule has 0 aromatic heterocycles. The minimum absolute atomic E-state index is 0.185. The molecule has 0 atom stereocenters. The van der Waals surface area contributed by atoms with Crippen molar-refractivity contribution in [3.05, 3.63) is 29.3 Å². The molecule has 3 nitrogen and oxygen atoms in total. The molecule has 0 saturated heterocycles. The highest BCUT2D eigenvalue weighted by Crippen LogP contribution is 2.28. The van der Waals surface area contributed by atoms with Crippen LogP contribution in [0.4, 0.5) is 0 Å². The van der Waals surface area contributed by atoms with Crippen LogP contribution in [0.1, 0.15) is 36.2 Å². The van der Waals surface area contributed by atoms with Gasteiger partial charge in [0.1, 0.15) is 5.75 Å². The SMILES string of the molecule is CNCC(C)(C)C(=O)c1ccc2c(c1)CCCO2. The Hall–Kier alpha value is -1.35. The molecule has 98 valence electrons. The van der Waals surface area contributed by atoms with Crippen molar-refractivity contribution in [2.24, 2.45) is 5.41 Å². The Bertz CT molecular complexity index is 452. The number of fused-ring (bicyclic) bond motifs is 1. The van der Waals surface area contributed by atoms with Gasteiger partial charge in [0.05, 0.1) is 6.61 Å². The molecule has 0 radical (unpaired) electrons. The molecule has 0 saturated carbocycles. The first-order valence-electron chi connectivity index (χ1n) is 6.50. The molecule has 0 spiro atoms. The summed E-state index contributed by atoms with van der Waals surface area (Å²) in [6.07, 6.45) is 2.04. The van der Waals surface area contributed by atoms with Gasteiger partial charge in [-0.3, -0.25) is 4.79 Å². The normalized spacial score (nSPS) is 14.8. The Balaban J connectivity index is 2.26. The van der Waals surface area contributed by atoms with Crippen molar-refractivity contribution < 1.29 is 9.53 Å². The minimum Gasteiger partial charge on any atom is -0.493 e. The number of carbonyl (C=O) groups excluding carboxylic acids is 1. The molecule has 2 rings (SSSR count). The Morgan fingerprint density at radius 3 is 2.94 bits per heavy atom. The summed E-state index contributed by atoms with van der Waals surface area (Å²) in [4.78, 5) is 12.5. The van der Waals surface area contributed by atoms with Gasteiger partial charge in [-0.2, -0.15) is 0 Å². The zero-order valence-electron chi connectivity index (χ0n) is 11.4. The van der Waals surface area contributed by atoms with Gasteiger partial charge in [0.25, 0.3) is 0 Å². The van der Waals surface area contributed by atoms with Crippen molar-refractivity contribution in [1.29, 1.82) is 0 Å². The lowest BCUT2D eigenvalue weighted by Gasteiger charge is -2.24. The first-order chi connectivity index (χ1) is 8.54. The summed E-state index contributed by atoms with van der Waals surface area (Å²) in [7, 11) is 1.87. The van der Waals surface area contributed by atoms with E-state index in [-0.39, 0.29) is 11.2 Å². The van der Waals surface area contributed by atoms with E-state index in [9.17, 15) is 4.79 Å². The van der Waals surface area contributed by atoms with Crippen LogP contribution in [0.5, 0.6) is 5.75 Å². The van der Waals surface area contributed by atoms with Gasteiger partial charge in [-0.1, -0.05) is 13.8 Å². The number of Topliss-reactive ketones (excluding diaryl/α,β-unsaturated/α-hetero) is 1. The highest BCUT2D eigenvalue weighted by atomic mass is 16.5. The van der Waals surface area contributed by atoms with Crippen LogP contribution < -0.4 is 10.1 Å². The van der Waals surface area contributed by atoms with Crippen LogP contribution in [0.15, 0.2) is 18.2 Å². The van der Waals surface area contributed by atoms with Gasteiger partial charge in [-0.25, -0.2) is 0 Å². The van der Waals surface area contributed by atoms with Crippen molar-refractivity contribution in [3.63, 3.8) is 0 Å². The van der Waals surface area contributed by atoms with Crippen molar-refractivity contribution in [2.75, 3.05) is 20.2 Å². The molecule has 1 aromatic carbocycles. The predicted octanol–water partition coefficient (Wildman–Crippen LogP) is 2.44. The third-order valence-electron chi connectivity index (χ3n) is 3.40. The molecule has 1 aliphatic rings. The Morgan fingerprint density at radius 1 is 1.44 bits per heavy atom. The van der Waals surface area contributed by atoms with E-state index in [2.05, 4.69) is 5.32 Å². The number of ether oxygens (including phenoxy) is 1. The zero-order valence-corrected chi connectivity index (χ0v) is 11.4. The van der Waals surface area contributed by atoms with E-state index < -0.39 is 0 Å². The molecule has 0 bridgehead atoms. The molecule has 1 heterocycles. The summed E-state index contributed by atoms with van der Waals surface area (Å²) in [5.41, 5.74) is 1.57. The summed E-state index contributed by atoms with van der Waals surface area (Å²) >= 11 is 0. The number of hydrogen-bond donors (Lipinski definition) is 1. The predicted molar refractivity (Wildman–Crippen MR) is 72.3 cm³/mol. The lowest BCUT2D eigenvalue weighted by atomic mass is 9.83. The van der Waals surface area contributed by atoms with Gasteiger partial charge in [-0.15, -0.1) is 0 Å². The molecule has 18 heavy (non-hydrogen) atoms. The number of nitrogens with one attached hydrogen (secondary N) is 1. The molecule has 0 fully saturated rings. The van der Waals surface area contributed by atoms with E-state index in [0.29, 0.717) is 6.54 Å². The summed E-state index contributed by atoms with van der Waals surface area (Å²) in [5.74, 6) is 1.12. The Labute approximate surface area is 109 Å². The molecular formula is C15H21NO2. The van der Waals surface area contributed by atoms with Gasteiger partial charge in [0.2, 0.25) is 0 Å².